The first kappa shape index (κ1) is 38.4. The highest BCUT2D eigenvalue weighted by Gasteiger charge is 2.38. The molecule has 13 nitrogen and oxygen atoms in total. The molecule has 256 valence electrons. The van der Waals surface area contributed by atoms with Crippen molar-refractivity contribution >= 4 is 39.1 Å². The number of carbonyl (C=O) groups is 2. The fourth-order valence-corrected chi connectivity index (χ4v) is 5.36. The Morgan fingerprint density at radius 3 is 2.32 bits per heavy atom. The van der Waals surface area contributed by atoms with Crippen LogP contribution < -0.4 is 20.3 Å². The normalized spacial score (nSPS) is 11.9. The molecule has 0 radical (unpaired) electrons. The molecule has 1 heterocycles. The second kappa shape index (κ2) is 16.7. The van der Waals surface area contributed by atoms with Crippen molar-refractivity contribution in [2.24, 2.45) is 0 Å². The van der Waals surface area contributed by atoms with Crippen LogP contribution in [0.2, 0.25) is 0 Å². The maximum Gasteiger partial charge on any atom is 0.490 e. The van der Waals surface area contributed by atoms with Gasteiger partial charge in [-0.1, -0.05) is 32.0 Å². The molecule has 17 heteroatoms. The third kappa shape index (κ3) is 11.2. The Labute approximate surface area is 270 Å². The van der Waals surface area contributed by atoms with E-state index in [4.69, 9.17) is 9.90 Å². The van der Waals surface area contributed by atoms with E-state index in [9.17, 15) is 36.5 Å². The summed E-state index contributed by atoms with van der Waals surface area (Å²) in [7, 11) is -0.283. The topological polar surface area (TPSA) is 184 Å². The van der Waals surface area contributed by atoms with E-state index in [-0.39, 0.29) is 40.2 Å². The van der Waals surface area contributed by atoms with Gasteiger partial charge in [-0.2, -0.15) is 13.2 Å². The number of pyridine rings is 1. The van der Waals surface area contributed by atoms with Crippen LogP contribution in [0.4, 0.5) is 30.4 Å². The number of hydrogen-bond acceptors (Lipinski definition) is 9. The largest absolute Gasteiger partial charge is 0.490 e. The second-order valence-corrected chi connectivity index (χ2v) is 12.3. The lowest BCUT2D eigenvalue weighted by Gasteiger charge is -2.17. The number of rotatable bonds is 13. The highest BCUT2D eigenvalue weighted by Crippen LogP contribution is 2.33. The first-order valence-corrected chi connectivity index (χ1v) is 15.7. The first-order valence-electron chi connectivity index (χ1n) is 14.2. The SMILES string of the molecule is CCCNC(=O)c1cccc(CNS(=O)(=O)c2ccc(NCC(C)c3ccc(N(C)C)nc3)c([N+](=O)[O-])c2C)c1.O=C(O)C(F)(F)F. The van der Waals surface area contributed by atoms with Gasteiger partial charge < -0.3 is 20.6 Å². The number of alkyl halides is 3. The maximum atomic E-state index is 13.2. The van der Waals surface area contributed by atoms with Gasteiger partial charge in [0, 0.05) is 51.1 Å². The summed E-state index contributed by atoms with van der Waals surface area (Å²) in [4.78, 5) is 38.7. The third-order valence-corrected chi connectivity index (χ3v) is 8.23. The number of anilines is 2. The Bertz CT molecular complexity index is 1670. The van der Waals surface area contributed by atoms with Crippen LogP contribution in [0, 0.1) is 17.0 Å². The summed E-state index contributed by atoms with van der Waals surface area (Å²) >= 11 is 0. The van der Waals surface area contributed by atoms with Crippen LogP contribution in [0.25, 0.3) is 0 Å². The summed E-state index contributed by atoms with van der Waals surface area (Å²) in [5, 5.41) is 25.0. The van der Waals surface area contributed by atoms with E-state index in [1.54, 1.807) is 30.5 Å². The Morgan fingerprint density at radius 2 is 1.79 bits per heavy atom. The first-order chi connectivity index (χ1) is 21.9. The van der Waals surface area contributed by atoms with Crippen molar-refractivity contribution in [3.8, 4) is 0 Å². The molecule has 0 saturated carbocycles. The second-order valence-electron chi connectivity index (χ2n) is 10.6. The Kier molecular flexibility index (Phi) is 13.6. The summed E-state index contributed by atoms with van der Waals surface area (Å²) in [6.07, 6.45) is -2.51. The van der Waals surface area contributed by atoms with Gasteiger partial charge in [-0.15, -0.1) is 0 Å². The predicted octanol–water partition coefficient (Wildman–Crippen LogP) is 4.83. The van der Waals surface area contributed by atoms with E-state index in [0.717, 1.165) is 17.8 Å². The van der Waals surface area contributed by atoms with E-state index in [1.165, 1.54) is 19.1 Å². The van der Waals surface area contributed by atoms with Gasteiger partial charge in [-0.3, -0.25) is 14.9 Å². The lowest BCUT2D eigenvalue weighted by molar-refractivity contribution is -0.384. The van der Waals surface area contributed by atoms with Crippen LogP contribution in [0.1, 0.15) is 53.2 Å². The van der Waals surface area contributed by atoms with Crippen molar-refractivity contribution < 1.29 is 41.2 Å². The van der Waals surface area contributed by atoms with E-state index >= 15 is 0 Å². The van der Waals surface area contributed by atoms with Crippen molar-refractivity contribution in [1.29, 1.82) is 0 Å². The fraction of sp³-hybridized carbons (Fsp3) is 0.367. The zero-order valence-electron chi connectivity index (χ0n) is 26.4. The number of sulfonamides is 1. The molecule has 3 aromatic rings. The molecule has 3 rings (SSSR count). The van der Waals surface area contributed by atoms with E-state index in [1.807, 2.05) is 45.0 Å². The van der Waals surface area contributed by atoms with Crippen LogP contribution >= 0.6 is 0 Å². The number of nitro groups is 1. The molecule has 1 unspecified atom stereocenters. The van der Waals surface area contributed by atoms with Crippen molar-refractivity contribution in [2.75, 3.05) is 37.4 Å². The minimum absolute atomic E-state index is 0.00600. The highest BCUT2D eigenvalue weighted by atomic mass is 32.2. The molecule has 0 spiro atoms. The zero-order valence-corrected chi connectivity index (χ0v) is 27.2. The molecule has 1 atom stereocenters. The molecule has 0 aliphatic rings. The molecule has 1 amide bonds. The summed E-state index contributed by atoms with van der Waals surface area (Å²) < 4.78 is 60.5. The molecule has 47 heavy (non-hydrogen) atoms. The number of carbonyl (C=O) groups excluding carboxylic acids is 1. The van der Waals surface area contributed by atoms with Crippen LogP contribution in [0.5, 0.6) is 0 Å². The lowest BCUT2D eigenvalue weighted by atomic mass is 10.0. The van der Waals surface area contributed by atoms with Crippen molar-refractivity contribution in [2.45, 2.75) is 50.7 Å². The number of aromatic nitrogens is 1. The highest BCUT2D eigenvalue weighted by molar-refractivity contribution is 7.89. The molecule has 1 aromatic heterocycles. The number of amides is 1. The quantitative estimate of drug-likeness (QED) is 0.144. The number of aliphatic carboxylic acids is 1. The summed E-state index contributed by atoms with van der Waals surface area (Å²) in [5.41, 5.74) is 1.93. The number of carboxylic acids is 1. The van der Waals surface area contributed by atoms with E-state index in [0.29, 0.717) is 24.2 Å². The van der Waals surface area contributed by atoms with Gasteiger partial charge in [0.05, 0.1) is 9.82 Å². The molecule has 2 aromatic carbocycles. The van der Waals surface area contributed by atoms with Gasteiger partial charge in [-0.25, -0.2) is 22.9 Å². The molecular formula is C30H37F3N6O7S. The summed E-state index contributed by atoms with van der Waals surface area (Å²) in [5.74, 6) is -2.18. The summed E-state index contributed by atoms with van der Waals surface area (Å²) in [6.45, 7) is 6.19. The van der Waals surface area contributed by atoms with Gasteiger partial charge in [0.25, 0.3) is 11.6 Å². The number of nitrogens with one attached hydrogen (secondary N) is 3. The van der Waals surface area contributed by atoms with Crippen LogP contribution in [-0.2, 0) is 21.4 Å². The molecular weight excluding hydrogens is 645 g/mol. The minimum atomic E-state index is -5.08. The molecule has 0 aliphatic carbocycles. The van der Waals surface area contributed by atoms with Crippen LogP contribution in [0.15, 0.2) is 59.6 Å². The smallest absolute Gasteiger partial charge is 0.475 e. The Hall–Kier alpha value is -4.77. The Balaban J connectivity index is 0.000000984. The minimum Gasteiger partial charge on any atom is -0.475 e. The van der Waals surface area contributed by atoms with Crippen LogP contribution in [-0.4, -0.2) is 68.7 Å². The molecule has 0 aliphatic heterocycles. The van der Waals surface area contributed by atoms with Crippen molar-refractivity contribution in [3.05, 3.63) is 87.1 Å². The van der Waals surface area contributed by atoms with Crippen molar-refractivity contribution in [1.82, 2.24) is 15.0 Å². The van der Waals surface area contributed by atoms with Gasteiger partial charge in [-0.05, 0) is 60.7 Å². The lowest BCUT2D eigenvalue weighted by Crippen LogP contribution is -2.26. The number of hydrogen-bond donors (Lipinski definition) is 4. The average molecular weight is 683 g/mol. The van der Waals surface area contributed by atoms with Crippen LogP contribution in [0.3, 0.4) is 0 Å². The van der Waals surface area contributed by atoms with Gasteiger partial charge in [0.2, 0.25) is 10.0 Å². The third-order valence-electron chi connectivity index (χ3n) is 6.68. The average Bonchev–Trinajstić information content (AvgIpc) is 3.01. The molecule has 0 bridgehead atoms. The maximum absolute atomic E-state index is 13.2. The molecule has 0 fully saturated rings. The number of benzene rings is 2. The van der Waals surface area contributed by atoms with E-state index < -0.39 is 27.1 Å². The molecule has 4 N–H and O–H groups in total. The standard InChI is InChI=1S/C28H36N6O5S.C2HF3O2/c1-6-14-29-28(35)22-9-7-8-21(15-22)17-32-40(38,39)25-12-11-24(27(20(25)3)34(36)37)30-16-19(2)23-10-13-26(31-18-23)33(4)5;3-2(4,5)1(6)7/h7-13,15,18-19,30,32H,6,14,16-17H2,1-5H3,(H,29,35);(H,6,7). The van der Waals surface area contributed by atoms with Crippen molar-refractivity contribution in [3.63, 3.8) is 0 Å². The zero-order chi connectivity index (χ0) is 35.5. The number of halogens is 3. The predicted molar refractivity (Wildman–Crippen MR) is 170 cm³/mol. The number of nitro benzene ring substituents is 1. The summed E-state index contributed by atoms with van der Waals surface area (Å²) in [6, 6.07) is 13.3. The number of carboxylic acid groups (broad SMARTS) is 1. The Morgan fingerprint density at radius 1 is 1.13 bits per heavy atom. The van der Waals surface area contributed by atoms with E-state index in [2.05, 4.69) is 20.3 Å². The van der Waals surface area contributed by atoms with Gasteiger partial charge >= 0.3 is 12.1 Å². The van der Waals surface area contributed by atoms with Gasteiger partial charge in [0.1, 0.15) is 11.5 Å². The van der Waals surface area contributed by atoms with Gasteiger partial charge in [0.15, 0.2) is 0 Å². The molecule has 0 saturated heterocycles. The fourth-order valence-electron chi connectivity index (χ4n) is 4.10. The monoisotopic (exact) mass is 682 g/mol. The number of nitrogens with zero attached hydrogens (tertiary/aromatic N) is 3.